The lowest BCUT2D eigenvalue weighted by atomic mass is 10.0. The first-order chi connectivity index (χ1) is 20.9. The highest BCUT2D eigenvalue weighted by Gasteiger charge is 2.23. The molecule has 12 nitrogen and oxygen atoms in total. The van der Waals surface area contributed by atoms with E-state index in [0.29, 0.717) is 33.9 Å². The van der Waals surface area contributed by atoms with Crippen molar-refractivity contribution in [1.82, 2.24) is 29.1 Å². The molecule has 3 aromatic heterocycles. The maximum absolute atomic E-state index is 13.0. The number of nitrogens with two attached hydrogens (primary N) is 1. The van der Waals surface area contributed by atoms with Crippen molar-refractivity contribution in [3.8, 4) is 0 Å². The summed E-state index contributed by atoms with van der Waals surface area (Å²) in [6.45, 7) is 5.44. The van der Waals surface area contributed by atoms with Crippen LogP contribution in [-0.4, -0.2) is 61.0 Å². The van der Waals surface area contributed by atoms with Gasteiger partial charge in [-0.15, -0.1) is 0 Å². The fourth-order valence-electron chi connectivity index (χ4n) is 5.55. The fraction of sp³-hybridized carbons (Fsp3) is 0.226. The van der Waals surface area contributed by atoms with E-state index in [2.05, 4.69) is 43.9 Å². The number of carbonyl (C=O) groups is 1. The fourth-order valence-corrected chi connectivity index (χ4v) is 5.55. The third-order valence-electron chi connectivity index (χ3n) is 7.77. The van der Waals surface area contributed by atoms with Gasteiger partial charge in [0.05, 0.1) is 11.6 Å². The van der Waals surface area contributed by atoms with Crippen LogP contribution in [0.4, 0.5) is 17.3 Å². The van der Waals surface area contributed by atoms with Crippen LogP contribution >= 0.6 is 0 Å². The van der Waals surface area contributed by atoms with Crippen LogP contribution in [0.15, 0.2) is 89.5 Å². The highest BCUT2D eigenvalue weighted by atomic mass is 16.1. The Balaban J connectivity index is 1.13. The molecule has 1 aliphatic heterocycles. The van der Waals surface area contributed by atoms with Gasteiger partial charge in [-0.2, -0.15) is 14.8 Å². The van der Waals surface area contributed by atoms with E-state index >= 15 is 0 Å². The number of aromatic nitrogens is 6. The minimum Gasteiger partial charge on any atom is -0.371 e. The largest absolute Gasteiger partial charge is 0.371 e. The van der Waals surface area contributed by atoms with Gasteiger partial charge in [0.1, 0.15) is 10.9 Å². The first-order valence-electron chi connectivity index (χ1n) is 14.0. The zero-order chi connectivity index (χ0) is 30.1. The molecule has 2 aromatic carbocycles. The number of fused-ring (bicyclic) bond motifs is 2. The van der Waals surface area contributed by atoms with Gasteiger partial charge in [-0.05, 0) is 49.2 Å². The number of rotatable bonds is 7. The molecule has 0 unspecified atom stereocenters. The number of carbonyl (C=O) groups excluding carboxylic acids is 1. The van der Waals surface area contributed by atoms with Crippen LogP contribution in [0.3, 0.4) is 0 Å². The zero-order valence-electron chi connectivity index (χ0n) is 24.0. The minimum atomic E-state index is -0.464. The van der Waals surface area contributed by atoms with E-state index in [9.17, 15) is 9.59 Å². The Morgan fingerprint density at radius 1 is 1.16 bits per heavy atom. The number of allylic oxidation sites excluding steroid dienone is 3. The van der Waals surface area contributed by atoms with Crippen molar-refractivity contribution in [3.05, 3.63) is 95.6 Å². The van der Waals surface area contributed by atoms with Gasteiger partial charge in [-0.1, -0.05) is 30.9 Å². The Bertz CT molecular complexity index is 1950. The lowest BCUT2D eigenvalue weighted by Gasteiger charge is -2.33. The highest BCUT2D eigenvalue weighted by molar-refractivity contribution is 6.04. The number of aryl methyl sites for hydroxylation is 1. The third kappa shape index (κ3) is 5.18. The topological polar surface area (TPSA) is 141 Å². The molecular weight excluding hydrogens is 544 g/mol. The summed E-state index contributed by atoms with van der Waals surface area (Å²) in [6.07, 6.45) is 10.5. The number of aliphatic imine (C=N–C) groups is 1. The monoisotopic (exact) mass is 576 g/mol. The first-order valence-corrected chi connectivity index (χ1v) is 14.0. The number of benzene rings is 2. The average Bonchev–Trinajstić information content (AvgIpc) is 3.57. The SMILES string of the molecule is C=C/C=C\C(=NC)n1c(=O)c2cnc(Nc3ccc(N4CCC(n5cc6cccc(C(N)=O)c6n5)CC4)cc3)nc2n1C. The predicted octanol–water partition coefficient (Wildman–Crippen LogP) is 3.78. The van der Waals surface area contributed by atoms with Crippen molar-refractivity contribution in [1.29, 1.82) is 0 Å². The number of piperidine rings is 1. The van der Waals surface area contributed by atoms with Gasteiger partial charge in [-0.25, -0.2) is 4.98 Å². The molecule has 0 saturated carbocycles. The summed E-state index contributed by atoms with van der Waals surface area (Å²) in [5.74, 6) is 0.389. The van der Waals surface area contributed by atoms with Crippen LogP contribution in [0.1, 0.15) is 29.2 Å². The molecule has 0 spiro atoms. The van der Waals surface area contributed by atoms with E-state index < -0.39 is 5.91 Å². The summed E-state index contributed by atoms with van der Waals surface area (Å²) in [5.41, 5.74) is 8.85. The zero-order valence-corrected chi connectivity index (χ0v) is 24.0. The molecule has 6 rings (SSSR count). The quantitative estimate of drug-likeness (QED) is 0.171. The number of nitrogens with one attached hydrogen (secondary N) is 1. The van der Waals surface area contributed by atoms with Crippen molar-refractivity contribution in [3.63, 3.8) is 0 Å². The maximum atomic E-state index is 13.0. The molecular formula is C31H32N10O2. The molecule has 0 radical (unpaired) electrons. The van der Waals surface area contributed by atoms with Crippen molar-refractivity contribution in [2.45, 2.75) is 18.9 Å². The molecule has 43 heavy (non-hydrogen) atoms. The minimum absolute atomic E-state index is 0.247. The molecule has 1 fully saturated rings. The van der Waals surface area contributed by atoms with Gasteiger partial charge in [0.15, 0.2) is 11.5 Å². The summed E-state index contributed by atoms with van der Waals surface area (Å²) in [4.78, 5) is 40.4. The van der Waals surface area contributed by atoms with E-state index in [1.807, 2.05) is 35.1 Å². The summed E-state index contributed by atoms with van der Waals surface area (Å²) in [7, 11) is 3.39. The van der Waals surface area contributed by atoms with Gasteiger partial charge in [0.25, 0.3) is 11.5 Å². The normalized spacial score (nSPS) is 14.7. The molecule has 12 heteroatoms. The summed E-state index contributed by atoms with van der Waals surface area (Å²) >= 11 is 0. The number of hydrogen-bond donors (Lipinski definition) is 2. The maximum Gasteiger partial charge on any atom is 0.283 e. The van der Waals surface area contributed by atoms with Crippen LogP contribution in [0, 0.1) is 0 Å². The van der Waals surface area contributed by atoms with Crippen molar-refractivity contribution in [2.24, 2.45) is 17.8 Å². The van der Waals surface area contributed by atoms with Crippen LogP contribution < -0.4 is 21.5 Å². The van der Waals surface area contributed by atoms with Crippen LogP contribution in [0.2, 0.25) is 0 Å². The van der Waals surface area contributed by atoms with Crippen molar-refractivity contribution >= 4 is 51.0 Å². The van der Waals surface area contributed by atoms with Crippen LogP contribution in [-0.2, 0) is 7.05 Å². The van der Waals surface area contributed by atoms with E-state index in [1.54, 1.807) is 43.1 Å². The number of hydrogen-bond acceptors (Lipinski definition) is 8. The Kier molecular flexibility index (Phi) is 7.33. The van der Waals surface area contributed by atoms with Gasteiger partial charge in [0, 0.05) is 56.3 Å². The molecule has 0 bridgehead atoms. The molecule has 1 aliphatic rings. The summed E-state index contributed by atoms with van der Waals surface area (Å²) < 4.78 is 5.10. The van der Waals surface area contributed by atoms with E-state index in [1.165, 1.54) is 10.9 Å². The predicted molar refractivity (Wildman–Crippen MR) is 169 cm³/mol. The third-order valence-corrected chi connectivity index (χ3v) is 7.77. The molecule has 218 valence electrons. The Hall–Kier alpha value is -5.52. The highest BCUT2D eigenvalue weighted by Crippen LogP contribution is 2.29. The van der Waals surface area contributed by atoms with Gasteiger partial charge < -0.3 is 16.0 Å². The second-order valence-electron chi connectivity index (χ2n) is 10.4. The van der Waals surface area contributed by atoms with Crippen LogP contribution in [0.25, 0.3) is 21.9 Å². The van der Waals surface area contributed by atoms with E-state index in [4.69, 9.17) is 10.8 Å². The number of primary amides is 1. The summed E-state index contributed by atoms with van der Waals surface area (Å²) in [6, 6.07) is 13.9. The lowest BCUT2D eigenvalue weighted by Crippen LogP contribution is -2.34. The Morgan fingerprint density at radius 3 is 2.63 bits per heavy atom. The molecule has 3 N–H and O–H groups in total. The Labute approximate surface area is 247 Å². The first kappa shape index (κ1) is 27.6. The molecule has 1 saturated heterocycles. The average molecular weight is 577 g/mol. The second-order valence-corrected chi connectivity index (χ2v) is 10.4. The second kappa shape index (κ2) is 11.4. The lowest BCUT2D eigenvalue weighted by molar-refractivity contribution is 0.100. The smallest absolute Gasteiger partial charge is 0.283 e. The van der Waals surface area contributed by atoms with Crippen LogP contribution in [0.5, 0.6) is 0 Å². The molecule has 0 aliphatic carbocycles. The molecule has 4 heterocycles. The standard InChI is InChI=1S/C31H32N10O2/c1-4-5-9-26(33-2)41-30(43)25-18-34-31(36-29(25)38(41)3)35-21-10-12-22(13-11-21)39-16-14-23(15-17-39)40-19-20-7-6-8-24(28(32)42)27(20)37-40/h4-13,18-19,23H,1,14-17H2,2-3H3,(H2,32,42)(H,34,35,36)/b9-5-,33-26?. The van der Waals surface area contributed by atoms with E-state index in [-0.39, 0.29) is 11.6 Å². The molecule has 1 amide bonds. The van der Waals surface area contributed by atoms with Gasteiger partial charge in [0.2, 0.25) is 5.95 Å². The number of amides is 1. The van der Waals surface area contributed by atoms with Gasteiger partial charge in [-0.3, -0.25) is 23.9 Å². The molecule has 5 aromatic rings. The van der Waals surface area contributed by atoms with Gasteiger partial charge >= 0.3 is 0 Å². The molecule has 0 atom stereocenters. The summed E-state index contributed by atoms with van der Waals surface area (Å²) in [5, 5.41) is 9.27. The van der Waals surface area contributed by atoms with Crippen molar-refractivity contribution in [2.75, 3.05) is 30.4 Å². The number of nitrogens with zero attached hydrogens (tertiary/aromatic N) is 8. The Morgan fingerprint density at radius 2 is 1.93 bits per heavy atom. The number of anilines is 3. The van der Waals surface area contributed by atoms with E-state index in [0.717, 1.165) is 42.7 Å². The van der Waals surface area contributed by atoms with Crippen molar-refractivity contribution < 1.29 is 4.79 Å².